The lowest BCUT2D eigenvalue weighted by atomic mass is 10.0. The molecule has 0 saturated heterocycles. The largest absolute Gasteiger partial charge is 0.352 e. The van der Waals surface area contributed by atoms with Crippen LogP contribution in [0.5, 0.6) is 0 Å². The molecule has 1 aromatic carbocycles. The Labute approximate surface area is 87.7 Å². The topological polar surface area (TPSA) is 43.1 Å². The number of rotatable bonds is 2. The second kappa shape index (κ2) is 3.69. The summed E-state index contributed by atoms with van der Waals surface area (Å²) in [6.07, 6.45) is 1.57. The van der Waals surface area contributed by atoms with E-state index in [1.807, 2.05) is 31.2 Å². The zero-order valence-electron chi connectivity index (χ0n) is 8.65. The van der Waals surface area contributed by atoms with Crippen molar-refractivity contribution in [2.45, 2.75) is 13.8 Å². The second-order valence-corrected chi connectivity index (χ2v) is 3.49. The van der Waals surface area contributed by atoms with Crippen LogP contribution in [0, 0.1) is 6.92 Å². The maximum absolute atomic E-state index is 11.3. The molecule has 0 aliphatic carbocycles. The zero-order chi connectivity index (χ0) is 10.8. The van der Waals surface area contributed by atoms with Gasteiger partial charge in [-0.1, -0.05) is 35.0 Å². The summed E-state index contributed by atoms with van der Waals surface area (Å²) in [5, 5.41) is 3.65. The van der Waals surface area contributed by atoms with Crippen LogP contribution in [0.1, 0.15) is 23.0 Å². The van der Waals surface area contributed by atoms with Crippen molar-refractivity contribution in [3.8, 4) is 11.1 Å². The molecular formula is C12H11NO2. The van der Waals surface area contributed by atoms with E-state index in [-0.39, 0.29) is 5.78 Å². The lowest BCUT2D eigenvalue weighted by Gasteiger charge is -1.99. The van der Waals surface area contributed by atoms with Gasteiger partial charge in [0.25, 0.3) is 0 Å². The molecule has 2 rings (SSSR count). The highest BCUT2D eigenvalue weighted by Crippen LogP contribution is 2.24. The van der Waals surface area contributed by atoms with Gasteiger partial charge >= 0.3 is 0 Å². The summed E-state index contributed by atoms with van der Waals surface area (Å²) in [7, 11) is 0. The maximum atomic E-state index is 11.3. The number of benzene rings is 1. The van der Waals surface area contributed by atoms with Crippen LogP contribution in [-0.2, 0) is 0 Å². The van der Waals surface area contributed by atoms with E-state index in [2.05, 4.69) is 5.16 Å². The van der Waals surface area contributed by atoms with E-state index in [0.717, 1.165) is 16.7 Å². The molecule has 0 N–H and O–H groups in total. The third kappa shape index (κ3) is 1.81. The minimum atomic E-state index is -0.107. The van der Waals surface area contributed by atoms with Gasteiger partial charge in [-0.3, -0.25) is 4.79 Å². The van der Waals surface area contributed by atoms with Crippen LogP contribution in [0.25, 0.3) is 11.1 Å². The molecule has 0 fully saturated rings. The van der Waals surface area contributed by atoms with Crippen molar-refractivity contribution >= 4 is 5.78 Å². The van der Waals surface area contributed by atoms with Crippen LogP contribution < -0.4 is 0 Å². The highest BCUT2D eigenvalue weighted by atomic mass is 16.5. The summed E-state index contributed by atoms with van der Waals surface area (Å²) in [6, 6.07) is 7.89. The average molecular weight is 201 g/mol. The Kier molecular flexibility index (Phi) is 2.37. The van der Waals surface area contributed by atoms with Crippen LogP contribution in [0.4, 0.5) is 0 Å². The highest BCUT2D eigenvalue weighted by molar-refractivity contribution is 5.97. The fourth-order valence-electron chi connectivity index (χ4n) is 1.51. The molecule has 0 atom stereocenters. The Morgan fingerprint density at radius 3 is 2.87 bits per heavy atom. The van der Waals surface area contributed by atoms with E-state index in [9.17, 15) is 4.79 Å². The number of nitrogens with zero attached hydrogens (tertiary/aromatic N) is 1. The summed E-state index contributed by atoms with van der Waals surface area (Å²) < 4.78 is 4.92. The van der Waals surface area contributed by atoms with Crippen molar-refractivity contribution in [1.29, 1.82) is 0 Å². The smallest absolute Gasteiger partial charge is 0.209 e. The van der Waals surface area contributed by atoms with Gasteiger partial charge in [0.15, 0.2) is 5.78 Å². The van der Waals surface area contributed by atoms with E-state index in [0.29, 0.717) is 5.76 Å². The van der Waals surface area contributed by atoms with Gasteiger partial charge in [0.05, 0.1) is 11.8 Å². The first kappa shape index (κ1) is 9.65. The van der Waals surface area contributed by atoms with E-state index in [1.54, 1.807) is 6.20 Å². The highest BCUT2D eigenvalue weighted by Gasteiger charge is 2.14. The van der Waals surface area contributed by atoms with E-state index < -0.39 is 0 Å². The predicted octanol–water partition coefficient (Wildman–Crippen LogP) is 2.85. The van der Waals surface area contributed by atoms with Gasteiger partial charge in [-0.25, -0.2) is 0 Å². The summed E-state index contributed by atoms with van der Waals surface area (Å²) >= 11 is 0. The quantitative estimate of drug-likeness (QED) is 0.701. The monoisotopic (exact) mass is 201 g/mol. The van der Waals surface area contributed by atoms with Gasteiger partial charge in [-0.05, 0) is 12.5 Å². The van der Waals surface area contributed by atoms with Crippen LogP contribution >= 0.6 is 0 Å². The lowest BCUT2D eigenvalue weighted by Crippen LogP contribution is -1.91. The molecule has 3 nitrogen and oxygen atoms in total. The Bertz CT molecular complexity index is 500. The first-order chi connectivity index (χ1) is 7.18. The van der Waals surface area contributed by atoms with Gasteiger partial charge in [-0.2, -0.15) is 0 Å². The van der Waals surface area contributed by atoms with Crippen LogP contribution in [0.2, 0.25) is 0 Å². The molecule has 0 aliphatic heterocycles. The molecule has 76 valence electrons. The fraction of sp³-hybridized carbons (Fsp3) is 0.167. The third-order valence-corrected chi connectivity index (χ3v) is 2.22. The van der Waals surface area contributed by atoms with Crippen molar-refractivity contribution in [2.75, 3.05) is 0 Å². The van der Waals surface area contributed by atoms with Crippen LogP contribution in [0.3, 0.4) is 0 Å². The summed E-state index contributed by atoms with van der Waals surface area (Å²) in [5.74, 6) is 0.213. The molecule has 1 heterocycles. The molecule has 0 saturated carbocycles. The van der Waals surface area contributed by atoms with Gasteiger partial charge in [0, 0.05) is 6.92 Å². The van der Waals surface area contributed by atoms with Gasteiger partial charge in [0.2, 0.25) is 5.76 Å². The van der Waals surface area contributed by atoms with Crippen molar-refractivity contribution in [3.05, 3.63) is 41.8 Å². The van der Waals surface area contributed by atoms with E-state index in [4.69, 9.17) is 4.52 Å². The fourth-order valence-corrected chi connectivity index (χ4v) is 1.51. The second-order valence-electron chi connectivity index (χ2n) is 3.49. The molecule has 15 heavy (non-hydrogen) atoms. The SMILES string of the molecule is CC(=O)c1oncc1-c1cccc(C)c1. The molecular weight excluding hydrogens is 190 g/mol. The molecule has 0 radical (unpaired) electrons. The number of carbonyl (C=O) groups is 1. The Morgan fingerprint density at radius 2 is 2.20 bits per heavy atom. The Morgan fingerprint density at radius 1 is 1.40 bits per heavy atom. The van der Waals surface area contributed by atoms with Gasteiger partial charge in [-0.15, -0.1) is 0 Å². The number of hydrogen-bond donors (Lipinski definition) is 0. The Hall–Kier alpha value is -1.90. The van der Waals surface area contributed by atoms with Crippen molar-refractivity contribution in [3.63, 3.8) is 0 Å². The summed E-state index contributed by atoms with van der Waals surface area (Å²) in [6.45, 7) is 3.48. The number of aryl methyl sites for hydroxylation is 1. The molecule has 3 heteroatoms. The van der Waals surface area contributed by atoms with Crippen LogP contribution in [-0.4, -0.2) is 10.9 Å². The predicted molar refractivity (Wildman–Crippen MR) is 56.7 cm³/mol. The standard InChI is InChI=1S/C12H11NO2/c1-8-4-3-5-10(6-8)11-7-13-15-12(11)9(2)14/h3-7H,1-2H3. The Balaban J connectivity index is 2.54. The number of aromatic nitrogens is 1. The van der Waals surface area contributed by atoms with Crippen molar-refractivity contribution in [2.24, 2.45) is 0 Å². The number of hydrogen-bond acceptors (Lipinski definition) is 3. The van der Waals surface area contributed by atoms with Crippen LogP contribution in [0.15, 0.2) is 35.0 Å². The molecule has 0 amide bonds. The normalized spacial score (nSPS) is 10.3. The van der Waals surface area contributed by atoms with Gasteiger partial charge < -0.3 is 4.52 Å². The molecule has 1 aromatic heterocycles. The molecule has 0 aliphatic rings. The van der Waals surface area contributed by atoms with E-state index >= 15 is 0 Å². The lowest BCUT2D eigenvalue weighted by molar-refractivity contribution is 0.0979. The molecule has 0 bridgehead atoms. The first-order valence-electron chi connectivity index (χ1n) is 4.71. The summed E-state index contributed by atoms with van der Waals surface area (Å²) in [5.41, 5.74) is 2.86. The molecule has 0 spiro atoms. The number of ketones is 1. The molecule has 2 aromatic rings. The third-order valence-electron chi connectivity index (χ3n) is 2.22. The number of carbonyl (C=O) groups excluding carboxylic acids is 1. The first-order valence-corrected chi connectivity index (χ1v) is 4.71. The summed E-state index contributed by atoms with van der Waals surface area (Å²) in [4.78, 5) is 11.3. The molecule has 0 unspecified atom stereocenters. The average Bonchev–Trinajstić information content (AvgIpc) is 2.65. The van der Waals surface area contributed by atoms with Crippen molar-refractivity contribution in [1.82, 2.24) is 5.16 Å². The van der Waals surface area contributed by atoms with Gasteiger partial charge in [0.1, 0.15) is 0 Å². The number of Topliss-reactive ketones (excluding diaryl/α,β-unsaturated/α-hetero) is 1. The van der Waals surface area contributed by atoms with Crippen molar-refractivity contribution < 1.29 is 9.32 Å². The minimum Gasteiger partial charge on any atom is -0.352 e. The van der Waals surface area contributed by atoms with E-state index in [1.165, 1.54) is 6.92 Å². The minimum absolute atomic E-state index is 0.107. The maximum Gasteiger partial charge on any atom is 0.209 e. The zero-order valence-corrected chi connectivity index (χ0v) is 8.65.